The van der Waals surface area contributed by atoms with Crippen LogP contribution in [0.2, 0.25) is 0 Å². The largest absolute Gasteiger partial charge is 0.256 e. The average Bonchev–Trinajstić information content (AvgIpc) is 3.22. The molecule has 0 bridgehead atoms. The second-order valence-corrected chi connectivity index (χ2v) is 13.4. The second kappa shape index (κ2) is 12.5. The van der Waals surface area contributed by atoms with Crippen molar-refractivity contribution in [2.45, 2.75) is 0 Å². The number of benzene rings is 9. The Labute approximate surface area is 303 Å². The maximum atomic E-state index is 4.97. The van der Waals surface area contributed by atoms with E-state index in [1.54, 1.807) is 0 Å². The lowest BCUT2D eigenvalue weighted by Gasteiger charge is -2.20. The highest BCUT2D eigenvalue weighted by Crippen LogP contribution is 2.47. The van der Waals surface area contributed by atoms with E-state index in [1.165, 1.54) is 76.5 Å². The zero-order valence-corrected chi connectivity index (χ0v) is 28.5. The molecule has 0 spiro atoms. The van der Waals surface area contributed by atoms with Gasteiger partial charge in [-0.25, -0.2) is 0 Å². The van der Waals surface area contributed by atoms with Crippen LogP contribution >= 0.6 is 0 Å². The molecular weight excluding hydrogens is 627 g/mol. The van der Waals surface area contributed by atoms with Crippen molar-refractivity contribution in [1.82, 2.24) is 4.98 Å². The smallest absolute Gasteiger partial charge is 0.0786 e. The summed E-state index contributed by atoms with van der Waals surface area (Å²) in [7, 11) is 0. The Bertz CT molecular complexity index is 2890. The Morgan fingerprint density at radius 1 is 0.269 bits per heavy atom. The maximum Gasteiger partial charge on any atom is 0.0786 e. The Morgan fingerprint density at radius 3 is 1.50 bits per heavy atom. The fourth-order valence-corrected chi connectivity index (χ4v) is 8.24. The molecule has 242 valence electrons. The van der Waals surface area contributed by atoms with Crippen LogP contribution in [0.1, 0.15) is 0 Å². The van der Waals surface area contributed by atoms with E-state index >= 15 is 0 Å². The first kappa shape index (κ1) is 30.0. The van der Waals surface area contributed by atoms with E-state index in [2.05, 4.69) is 188 Å². The van der Waals surface area contributed by atoms with E-state index in [1.807, 2.05) is 12.3 Å². The van der Waals surface area contributed by atoms with Crippen LogP contribution in [-0.4, -0.2) is 4.98 Å². The highest BCUT2D eigenvalue weighted by molar-refractivity contribution is 6.24. The zero-order valence-electron chi connectivity index (χ0n) is 28.5. The maximum absolute atomic E-state index is 4.97. The van der Waals surface area contributed by atoms with Crippen LogP contribution in [0.3, 0.4) is 0 Å². The molecule has 0 saturated carbocycles. The van der Waals surface area contributed by atoms with E-state index in [0.717, 1.165) is 22.4 Å². The molecule has 0 aliphatic heterocycles. The average molecular weight is 660 g/mol. The molecule has 0 radical (unpaired) electrons. The Morgan fingerprint density at radius 2 is 0.769 bits per heavy atom. The van der Waals surface area contributed by atoms with Crippen molar-refractivity contribution in [3.8, 4) is 55.8 Å². The van der Waals surface area contributed by atoms with Crippen molar-refractivity contribution in [1.29, 1.82) is 0 Å². The molecule has 0 aliphatic rings. The molecule has 52 heavy (non-hydrogen) atoms. The van der Waals surface area contributed by atoms with Gasteiger partial charge >= 0.3 is 0 Å². The summed E-state index contributed by atoms with van der Waals surface area (Å²) >= 11 is 0. The summed E-state index contributed by atoms with van der Waals surface area (Å²) < 4.78 is 0. The van der Waals surface area contributed by atoms with Crippen molar-refractivity contribution in [3.05, 3.63) is 200 Å². The van der Waals surface area contributed by atoms with Gasteiger partial charge in [-0.3, -0.25) is 4.98 Å². The van der Waals surface area contributed by atoms with Crippen molar-refractivity contribution < 1.29 is 0 Å². The van der Waals surface area contributed by atoms with Crippen LogP contribution < -0.4 is 0 Å². The van der Waals surface area contributed by atoms with Crippen LogP contribution in [0.15, 0.2) is 200 Å². The number of nitrogens with zero attached hydrogens (tertiary/aromatic N) is 1. The second-order valence-electron chi connectivity index (χ2n) is 13.4. The van der Waals surface area contributed by atoms with E-state index in [-0.39, 0.29) is 0 Å². The third-order valence-corrected chi connectivity index (χ3v) is 10.5. The summed E-state index contributed by atoms with van der Waals surface area (Å²) in [6, 6.07) is 70.4. The minimum absolute atomic E-state index is 0.993. The molecular formula is C51H33N. The lowest BCUT2D eigenvalue weighted by atomic mass is 9.83. The van der Waals surface area contributed by atoms with Gasteiger partial charge in [0, 0.05) is 17.3 Å². The number of pyridine rings is 1. The van der Waals surface area contributed by atoms with Gasteiger partial charge in [0.1, 0.15) is 0 Å². The molecule has 0 amide bonds. The molecule has 0 saturated heterocycles. The van der Waals surface area contributed by atoms with E-state index in [0.29, 0.717) is 0 Å². The minimum atomic E-state index is 0.993. The van der Waals surface area contributed by atoms with Crippen LogP contribution in [0.5, 0.6) is 0 Å². The first-order chi connectivity index (χ1) is 25.8. The fraction of sp³-hybridized carbons (Fsp3) is 0. The SMILES string of the molecule is c1ccc(-c2ccc(-c3c4ccccc4c(-c4cccc(-c5cccnc5-c5cccc6ccccc56)c4)c4ccccc34)c3ccccc23)cc1. The number of hydrogen-bond acceptors (Lipinski definition) is 1. The Kier molecular flexibility index (Phi) is 7.22. The van der Waals surface area contributed by atoms with Crippen molar-refractivity contribution in [2.24, 2.45) is 0 Å². The van der Waals surface area contributed by atoms with Crippen LogP contribution in [0.4, 0.5) is 0 Å². The van der Waals surface area contributed by atoms with Crippen LogP contribution in [-0.2, 0) is 0 Å². The quantitative estimate of drug-likeness (QED) is 0.168. The molecule has 1 nitrogen and oxygen atoms in total. The molecule has 10 aromatic rings. The molecule has 10 rings (SSSR count). The molecule has 0 atom stereocenters. The van der Waals surface area contributed by atoms with E-state index in [4.69, 9.17) is 4.98 Å². The standard InChI is InChI=1S/C51H33N/c1-2-15-34(16-3-1)39-30-31-47(42-23-7-6-22-41(39)42)50-45-26-10-8-24-43(45)49(44-25-9-11-27-46(44)50)37-20-12-19-36(33-37)40-29-14-32-52-51(40)48-28-13-18-35-17-4-5-21-38(35)48/h1-33H. The predicted octanol–water partition coefficient (Wildman–Crippen LogP) is 14.0. The van der Waals surface area contributed by atoms with Gasteiger partial charge in [0.2, 0.25) is 0 Å². The van der Waals surface area contributed by atoms with E-state index in [9.17, 15) is 0 Å². The predicted molar refractivity (Wildman–Crippen MR) is 221 cm³/mol. The lowest BCUT2D eigenvalue weighted by Crippen LogP contribution is -1.93. The Hall–Kier alpha value is -6.83. The van der Waals surface area contributed by atoms with E-state index < -0.39 is 0 Å². The zero-order chi connectivity index (χ0) is 34.4. The van der Waals surface area contributed by atoms with Crippen molar-refractivity contribution >= 4 is 43.1 Å². The summed E-state index contributed by atoms with van der Waals surface area (Å²) in [5, 5.41) is 9.91. The molecule has 0 fully saturated rings. The van der Waals surface area contributed by atoms with Crippen molar-refractivity contribution in [3.63, 3.8) is 0 Å². The van der Waals surface area contributed by atoms with Gasteiger partial charge in [0.05, 0.1) is 5.69 Å². The molecule has 0 unspecified atom stereocenters. The summed E-state index contributed by atoms with van der Waals surface area (Å²) in [5.74, 6) is 0. The van der Waals surface area contributed by atoms with Gasteiger partial charge in [-0.2, -0.15) is 0 Å². The molecule has 0 aliphatic carbocycles. The Balaban J connectivity index is 1.20. The number of rotatable bonds is 5. The molecule has 1 heteroatoms. The fourth-order valence-electron chi connectivity index (χ4n) is 8.24. The van der Waals surface area contributed by atoms with Crippen LogP contribution in [0, 0.1) is 0 Å². The van der Waals surface area contributed by atoms with Gasteiger partial charge in [-0.15, -0.1) is 0 Å². The molecule has 9 aromatic carbocycles. The van der Waals surface area contributed by atoms with Crippen molar-refractivity contribution in [2.75, 3.05) is 0 Å². The van der Waals surface area contributed by atoms with Gasteiger partial charge in [-0.1, -0.05) is 182 Å². The lowest BCUT2D eigenvalue weighted by molar-refractivity contribution is 1.33. The third kappa shape index (κ3) is 4.90. The first-order valence-electron chi connectivity index (χ1n) is 17.9. The first-order valence-corrected chi connectivity index (χ1v) is 17.9. The van der Waals surface area contributed by atoms with Gasteiger partial charge in [0.15, 0.2) is 0 Å². The highest BCUT2D eigenvalue weighted by Gasteiger charge is 2.20. The summed E-state index contributed by atoms with van der Waals surface area (Å²) in [6.45, 7) is 0. The molecule has 0 N–H and O–H groups in total. The summed E-state index contributed by atoms with van der Waals surface area (Å²) in [4.78, 5) is 4.97. The third-order valence-electron chi connectivity index (χ3n) is 10.5. The topological polar surface area (TPSA) is 12.9 Å². The monoisotopic (exact) mass is 659 g/mol. The molecule has 1 aromatic heterocycles. The normalized spacial score (nSPS) is 11.5. The minimum Gasteiger partial charge on any atom is -0.256 e. The number of hydrogen-bond donors (Lipinski definition) is 0. The summed E-state index contributed by atoms with van der Waals surface area (Å²) in [6.07, 6.45) is 1.90. The number of aromatic nitrogens is 1. The van der Waals surface area contributed by atoms with Crippen LogP contribution in [0.25, 0.3) is 98.9 Å². The summed E-state index contributed by atoms with van der Waals surface area (Å²) in [5.41, 5.74) is 11.8. The number of fused-ring (bicyclic) bond motifs is 4. The van der Waals surface area contributed by atoms with Gasteiger partial charge in [-0.05, 0) is 94.2 Å². The van der Waals surface area contributed by atoms with Gasteiger partial charge < -0.3 is 0 Å². The highest BCUT2D eigenvalue weighted by atomic mass is 14.7. The van der Waals surface area contributed by atoms with Gasteiger partial charge in [0.25, 0.3) is 0 Å². The molecule has 1 heterocycles.